The zero-order chi connectivity index (χ0) is 13.0. The van der Waals surface area contributed by atoms with Gasteiger partial charge in [0, 0.05) is 12.6 Å². The van der Waals surface area contributed by atoms with Crippen molar-refractivity contribution in [2.24, 2.45) is 11.8 Å². The molecular weight excluding hydrogens is 222 g/mol. The third-order valence-corrected chi connectivity index (χ3v) is 3.65. The molecule has 0 bridgehead atoms. The summed E-state index contributed by atoms with van der Waals surface area (Å²) in [6, 6.07) is 10.9. The summed E-state index contributed by atoms with van der Waals surface area (Å²) in [5.41, 5.74) is 1.33. The van der Waals surface area contributed by atoms with Crippen molar-refractivity contribution >= 4 is 0 Å². The molecule has 0 aromatic heterocycles. The summed E-state index contributed by atoms with van der Waals surface area (Å²) in [6.45, 7) is 5.21. The molecule has 1 saturated carbocycles. The van der Waals surface area contributed by atoms with Crippen LogP contribution in [0.1, 0.15) is 44.7 Å². The topological polar surface area (TPSA) is 32.3 Å². The quantitative estimate of drug-likeness (QED) is 0.776. The van der Waals surface area contributed by atoms with E-state index >= 15 is 0 Å². The van der Waals surface area contributed by atoms with Crippen LogP contribution in [-0.4, -0.2) is 17.8 Å². The van der Waals surface area contributed by atoms with Gasteiger partial charge in [-0.1, -0.05) is 44.2 Å². The highest BCUT2D eigenvalue weighted by atomic mass is 16.3. The average Bonchev–Trinajstić information content (AvgIpc) is 3.19. The van der Waals surface area contributed by atoms with Crippen LogP contribution in [0, 0.1) is 11.8 Å². The summed E-state index contributed by atoms with van der Waals surface area (Å²) in [4.78, 5) is 0. The van der Waals surface area contributed by atoms with Gasteiger partial charge in [0.05, 0.1) is 6.10 Å². The Hall–Kier alpha value is -0.860. The van der Waals surface area contributed by atoms with Gasteiger partial charge in [-0.3, -0.25) is 0 Å². The van der Waals surface area contributed by atoms with Crippen molar-refractivity contribution in [1.82, 2.24) is 5.32 Å². The molecule has 1 aliphatic rings. The molecule has 2 rings (SSSR count). The molecule has 1 aromatic carbocycles. The minimum atomic E-state index is -0.164. The zero-order valence-corrected chi connectivity index (χ0v) is 11.5. The molecule has 100 valence electrons. The molecular formula is C16H25NO. The van der Waals surface area contributed by atoms with Crippen molar-refractivity contribution in [2.45, 2.75) is 45.3 Å². The van der Waals surface area contributed by atoms with Crippen LogP contribution in [0.5, 0.6) is 0 Å². The monoisotopic (exact) mass is 247 g/mol. The molecule has 1 aliphatic carbocycles. The molecule has 0 spiro atoms. The van der Waals surface area contributed by atoms with Crippen molar-refractivity contribution in [2.75, 3.05) is 6.54 Å². The van der Waals surface area contributed by atoms with Crippen molar-refractivity contribution in [3.05, 3.63) is 35.9 Å². The Labute approximate surface area is 110 Å². The van der Waals surface area contributed by atoms with Crippen LogP contribution in [0.2, 0.25) is 0 Å². The van der Waals surface area contributed by atoms with Crippen LogP contribution >= 0.6 is 0 Å². The van der Waals surface area contributed by atoms with Gasteiger partial charge in [0.1, 0.15) is 0 Å². The summed E-state index contributed by atoms with van der Waals surface area (Å²) < 4.78 is 0. The summed E-state index contributed by atoms with van der Waals surface area (Å²) >= 11 is 0. The molecule has 2 nitrogen and oxygen atoms in total. The van der Waals surface area contributed by atoms with Gasteiger partial charge in [0.2, 0.25) is 0 Å². The van der Waals surface area contributed by atoms with Crippen molar-refractivity contribution in [3.8, 4) is 0 Å². The first-order chi connectivity index (χ1) is 8.66. The number of nitrogens with one attached hydrogen (secondary N) is 1. The number of benzene rings is 1. The highest BCUT2D eigenvalue weighted by Gasteiger charge is 2.29. The van der Waals surface area contributed by atoms with E-state index in [-0.39, 0.29) is 6.10 Å². The Morgan fingerprint density at radius 1 is 1.22 bits per heavy atom. The van der Waals surface area contributed by atoms with Crippen LogP contribution in [0.3, 0.4) is 0 Å². The van der Waals surface area contributed by atoms with E-state index in [0.717, 1.165) is 13.0 Å². The maximum Gasteiger partial charge on any atom is 0.0692 e. The predicted octanol–water partition coefficient (Wildman–Crippen LogP) is 3.13. The molecule has 2 heteroatoms. The lowest BCUT2D eigenvalue weighted by molar-refractivity contribution is 0.143. The fourth-order valence-corrected chi connectivity index (χ4v) is 2.40. The molecule has 2 unspecified atom stereocenters. The van der Waals surface area contributed by atoms with Crippen molar-refractivity contribution in [1.29, 1.82) is 0 Å². The fourth-order valence-electron chi connectivity index (χ4n) is 2.40. The van der Waals surface area contributed by atoms with Crippen molar-refractivity contribution in [3.63, 3.8) is 0 Å². The Morgan fingerprint density at radius 2 is 1.89 bits per heavy atom. The van der Waals surface area contributed by atoms with E-state index in [4.69, 9.17) is 0 Å². The summed E-state index contributed by atoms with van der Waals surface area (Å²) in [5.74, 6) is 1.20. The van der Waals surface area contributed by atoms with Gasteiger partial charge in [-0.2, -0.15) is 0 Å². The van der Waals surface area contributed by atoms with Gasteiger partial charge in [0.15, 0.2) is 0 Å². The molecule has 0 saturated heterocycles. The lowest BCUT2D eigenvalue weighted by Crippen LogP contribution is -2.32. The average molecular weight is 247 g/mol. The van der Waals surface area contributed by atoms with Crippen molar-refractivity contribution < 1.29 is 5.11 Å². The first-order valence-electron chi connectivity index (χ1n) is 7.13. The molecule has 1 aromatic rings. The van der Waals surface area contributed by atoms with Gasteiger partial charge >= 0.3 is 0 Å². The van der Waals surface area contributed by atoms with Gasteiger partial charge in [-0.15, -0.1) is 0 Å². The van der Waals surface area contributed by atoms with E-state index < -0.39 is 0 Å². The number of hydrogen-bond acceptors (Lipinski definition) is 2. The Kier molecular flexibility index (Phi) is 4.79. The van der Waals surface area contributed by atoms with Crippen LogP contribution in [0.4, 0.5) is 0 Å². The summed E-state index contributed by atoms with van der Waals surface area (Å²) in [5, 5.41) is 13.5. The summed E-state index contributed by atoms with van der Waals surface area (Å²) in [6.07, 6.45) is 3.34. The molecule has 0 aliphatic heterocycles. The van der Waals surface area contributed by atoms with Crippen LogP contribution in [0.15, 0.2) is 30.3 Å². The van der Waals surface area contributed by atoms with Gasteiger partial charge in [-0.25, -0.2) is 0 Å². The molecule has 1 fully saturated rings. The Morgan fingerprint density at radius 3 is 2.44 bits per heavy atom. The van der Waals surface area contributed by atoms with Gasteiger partial charge in [0.25, 0.3) is 0 Å². The van der Waals surface area contributed by atoms with Gasteiger partial charge < -0.3 is 10.4 Å². The third kappa shape index (κ3) is 4.11. The summed E-state index contributed by atoms with van der Waals surface area (Å²) in [7, 11) is 0. The molecule has 2 atom stereocenters. The number of aliphatic hydroxyl groups is 1. The van der Waals surface area contributed by atoms with E-state index in [9.17, 15) is 5.11 Å². The SMILES string of the molecule is CC(C)CC(NCC(O)C1CC1)c1ccccc1. The molecule has 0 radical (unpaired) electrons. The number of hydrogen-bond donors (Lipinski definition) is 2. The maximum atomic E-state index is 9.96. The zero-order valence-electron chi connectivity index (χ0n) is 11.5. The second-order valence-corrected chi connectivity index (χ2v) is 5.91. The molecule has 18 heavy (non-hydrogen) atoms. The van der Waals surface area contributed by atoms with E-state index in [1.165, 1.54) is 18.4 Å². The minimum absolute atomic E-state index is 0.164. The largest absolute Gasteiger partial charge is 0.392 e. The van der Waals surface area contributed by atoms with Gasteiger partial charge in [-0.05, 0) is 36.7 Å². The second kappa shape index (κ2) is 6.35. The van der Waals surface area contributed by atoms with Crippen LogP contribution in [-0.2, 0) is 0 Å². The highest BCUT2D eigenvalue weighted by molar-refractivity contribution is 5.19. The van der Waals surface area contributed by atoms with E-state index in [2.05, 4.69) is 49.5 Å². The molecule has 2 N–H and O–H groups in total. The Balaban J connectivity index is 1.92. The Bertz CT molecular complexity index is 345. The maximum absolute atomic E-state index is 9.96. The minimum Gasteiger partial charge on any atom is -0.392 e. The lowest BCUT2D eigenvalue weighted by Gasteiger charge is -2.23. The first-order valence-corrected chi connectivity index (χ1v) is 7.13. The fraction of sp³-hybridized carbons (Fsp3) is 0.625. The van der Waals surface area contributed by atoms with Crippen LogP contribution < -0.4 is 5.32 Å². The normalized spacial score (nSPS) is 18.9. The highest BCUT2D eigenvalue weighted by Crippen LogP contribution is 2.32. The smallest absolute Gasteiger partial charge is 0.0692 e. The van der Waals surface area contributed by atoms with E-state index in [0.29, 0.717) is 17.9 Å². The second-order valence-electron chi connectivity index (χ2n) is 5.91. The standard InChI is InChI=1S/C16H25NO/c1-12(2)10-15(13-6-4-3-5-7-13)17-11-16(18)14-8-9-14/h3-7,12,14-18H,8-11H2,1-2H3. The molecule has 0 heterocycles. The number of aliphatic hydroxyl groups excluding tert-OH is 1. The van der Waals surface area contributed by atoms with E-state index in [1.54, 1.807) is 0 Å². The van der Waals surface area contributed by atoms with Crippen LogP contribution in [0.25, 0.3) is 0 Å². The molecule has 0 amide bonds. The first kappa shape index (κ1) is 13.6. The lowest BCUT2D eigenvalue weighted by atomic mass is 9.97. The van der Waals surface area contributed by atoms with E-state index in [1.807, 2.05) is 0 Å². The number of rotatable bonds is 7. The predicted molar refractivity (Wildman–Crippen MR) is 75.4 cm³/mol. The third-order valence-electron chi connectivity index (χ3n) is 3.65.